The number of nitrogens with zero attached hydrogens (tertiary/aromatic N) is 2. The van der Waals surface area contributed by atoms with Crippen LogP contribution >= 0.6 is 0 Å². The molecule has 0 bridgehead atoms. The van der Waals surface area contributed by atoms with Crippen LogP contribution in [0.3, 0.4) is 0 Å². The SMILES string of the molecule is CN(C)C(CO)COB(c1ccccc1)c1ccc(Oc2ccc(B(OCC(CO)N(C)C)c3ccccc3)cc2)cc1. The van der Waals surface area contributed by atoms with Crippen LogP contribution in [0.5, 0.6) is 11.5 Å². The van der Waals surface area contributed by atoms with E-state index in [4.69, 9.17) is 14.0 Å². The summed E-state index contributed by atoms with van der Waals surface area (Å²) >= 11 is 0. The van der Waals surface area contributed by atoms with Gasteiger partial charge in [0.25, 0.3) is 0 Å². The third-order valence-electron chi connectivity index (χ3n) is 7.60. The molecule has 0 aliphatic rings. The van der Waals surface area contributed by atoms with Crippen molar-refractivity contribution in [1.82, 2.24) is 9.80 Å². The molecule has 0 saturated heterocycles. The van der Waals surface area contributed by atoms with Gasteiger partial charge in [0.15, 0.2) is 0 Å². The van der Waals surface area contributed by atoms with Gasteiger partial charge in [-0.05, 0) is 74.3 Å². The summed E-state index contributed by atoms with van der Waals surface area (Å²) < 4.78 is 18.9. The first kappa shape index (κ1) is 32.5. The van der Waals surface area contributed by atoms with Crippen LogP contribution in [0.4, 0.5) is 0 Å². The van der Waals surface area contributed by atoms with E-state index in [1.807, 2.05) is 123 Å². The van der Waals surface area contributed by atoms with E-state index in [9.17, 15) is 10.2 Å². The second-order valence-electron chi connectivity index (χ2n) is 11.1. The standard InChI is InChI=1S/C34H42B2N2O5/c1-37(2)31(23-39)25-41-35(27-11-7-5-8-12-27)29-15-19-33(20-16-29)43-34-21-17-30(18-22-34)36(28-13-9-6-10-14-28)42-26-32(24-40)38(3)4/h5-22,31-32,39-40H,23-26H2,1-4H3. The van der Waals surface area contributed by atoms with Gasteiger partial charge in [-0.15, -0.1) is 0 Å². The second kappa shape index (κ2) is 16.4. The topological polar surface area (TPSA) is 74.6 Å². The Morgan fingerprint density at radius 2 is 0.837 bits per heavy atom. The zero-order valence-corrected chi connectivity index (χ0v) is 25.5. The summed E-state index contributed by atoms with van der Waals surface area (Å²) in [6.45, 7) is 0.316. The van der Waals surface area contributed by atoms with Gasteiger partial charge in [-0.3, -0.25) is 0 Å². The molecule has 9 heteroatoms. The highest BCUT2D eigenvalue weighted by Gasteiger charge is 2.25. The van der Waals surface area contributed by atoms with Gasteiger partial charge in [0.05, 0.1) is 25.3 Å². The Kier molecular flexibility index (Phi) is 12.4. The van der Waals surface area contributed by atoms with Crippen molar-refractivity contribution in [3.05, 3.63) is 109 Å². The fourth-order valence-electron chi connectivity index (χ4n) is 4.73. The number of ether oxygens (including phenoxy) is 1. The maximum atomic E-state index is 9.76. The molecular formula is C34H42B2N2O5. The summed E-state index contributed by atoms with van der Waals surface area (Å²) in [5, 5.41) is 19.5. The molecular weight excluding hydrogens is 538 g/mol. The van der Waals surface area contributed by atoms with Gasteiger partial charge in [0, 0.05) is 13.2 Å². The minimum Gasteiger partial charge on any atom is -0.457 e. The largest absolute Gasteiger partial charge is 0.457 e. The molecule has 4 rings (SSSR count). The van der Waals surface area contributed by atoms with Crippen molar-refractivity contribution >= 4 is 35.7 Å². The fraction of sp³-hybridized carbons (Fsp3) is 0.294. The van der Waals surface area contributed by atoms with Crippen LogP contribution in [0.2, 0.25) is 0 Å². The Balaban J connectivity index is 1.47. The molecule has 7 nitrogen and oxygen atoms in total. The molecule has 2 N–H and O–H groups in total. The van der Waals surface area contributed by atoms with Crippen LogP contribution < -0.4 is 26.6 Å². The molecule has 0 fully saturated rings. The van der Waals surface area contributed by atoms with E-state index in [-0.39, 0.29) is 39.1 Å². The lowest BCUT2D eigenvalue weighted by molar-refractivity contribution is 0.119. The molecule has 0 spiro atoms. The van der Waals surface area contributed by atoms with Gasteiger partial charge in [-0.2, -0.15) is 0 Å². The highest BCUT2D eigenvalue weighted by molar-refractivity contribution is 6.80. The number of rotatable bonds is 16. The van der Waals surface area contributed by atoms with E-state index in [1.54, 1.807) is 0 Å². The molecule has 2 unspecified atom stereocenters. The highest BCUT2D eigenvalue weighted by atomic mass is 16.5. The van der Waals surface area contributed by atoms with Gasteiger partial charge in [0.2, 0.25) is 0 Å². The molecule has 0 heterocycles. The van der Waals surface area contributed by atoms with Crippen LogP contribution in [0.1, 0.15) is 0 Å². The van der Waals surface area contributed by atoms with Crippen molar-refractivity contribution in [2.45, 2.75) is 12.1 Å². The van der Waals surface area contributed by atoms with Crippen LogP contribution in [-0.4, -0.2) is 101 Å². The number of aliphatic hydroxyl groups excluding tert-OH is 2. The molecule has 224 valence electrons. The zero-order chi connectivity index (χ0) is 30.6. The van der Waals surface area contributed by atoms with Gasteiger partial charge in [-0.1, -0.05) is 84.9 Å². The summed E-state index contributed by atoms with van der Waals surface area (Å²) in [5.74, 6) is 1.44. The summed E-state index contributed by atoms with van der Waals surface area (Å²) in [6, 6.07) is 35.9. The van der Waals surface area contributed by atoms with Gasteiger partial charge in [-0.25, -0.2) is 0 Å². The summed E-state index contributed by atoms with van der Waals surface area (Å²) in [5.41, 5.74) is 4.11. The normalized spacial score (nSPS) is 12.7. The third-order valence-corrected chi connectivity index (χ3v) is 7.60. The Labute approximate surface area is 256 Å². The minimum absolute atomic E-state index is 0.0254. The molecule has 0 saturated carbocycles. The van der Waals surface area contributed by atoms with E-state index in [1.165, 1.54) is 0 Å². The average molecular weight is 580 g/mol. The number of benzene rings is 4. The first-order valence-electron chi connectivity index (χ1n) is 14.6. The Morgan fingerprint density at radius 1 is 0.512 bits per heavy atom. The molecule has 0 amide bonds. The lowest BCUT2D eigenvalue weighted by Crippen LogP contribution is -2.48. The van der Waals surface area contributed by atoms with Crippen molar-refractivity contribution in [2.75, 3.05) is 54.6 Å². The number of hydrogen-bond acceptors (Lipinski definition) is 7. The molecule has 43 heavy (non-hydrogen) atoms. The predicted molar refractivity (Wildman–Crippen MR) is 177 cm³/mol. The predicted octanol–water partition coefficient (Wildman–Crippen LogP) is 1.57. The van der Waals surface area contributed by atoms with Crippen LogP contribution in [0.15, 0.2) is 109 Å². The minimum atomic E-state index is -0.267. The quantitative estimate of drug-likeness (QED) is 0.195. The second-order valence-corrected chi connectivity index (χ2v) is 11.1. The molecule has 0 radical (unpaired) electrons. The summed E-state index contributed by atoms with van der Waals surface area (Å²) in [6.07, 6.45) is 0. The number of aliphatic hydroxyl groups is 2. The number of likely N-dealkylation sites (N-methyl/N-ethyl adjacent to an activating group) is 2. The third kappa shape index (κ3) is 9.28. The maximum absolute atomic E-state index is 9.76. The monoisotopic (exact) mass is 580 g/mol. The van der Waals surface area contributed by atoms with E-state index in [0.29, 0.717) is 13.2 Å². The first-order valence-corrected chi connectivity index (χ1v) is 14.6. The molecule has 2 atom stereocenters. The van der Waals surface area contributed by atoms with Crippen molar-refractivity contribution in [2.24, 2.45) is 0 Å². The first-order chi connectivity index (χ1) is 20.9. The van der Waals surface area contributed by atoms with Gasteiger partial charge >= 0.3 is 13.8 Å². The molecule has 0 aliphatic heterocycles. The maximum Gasteiger partial charge on any atom is 0.361 e. The smallest absolute Gasteiger partial charge is 0.361 e. The zero-order valence-electron chi connectivity index (χ0n) is 25.5. The van der Waals surface area contributed by atoms with Crippen LogP contribution in [0, 0.1) is 0 Å². The van der Waals surface area contributed by atoms with Crippen molar-refractivity contribution in [1.29, 1.82) is 0 Å². The summed E-state index contributed by atoms with van der Waals surface area (Å²) in [4.78, 5) is 3.93. The molecule has 4 aromatic rings. The molecule has 0 aliphatic carbocycles. The van der Waals surface area contributed by atoms with Gasteiger partial charge < -0.3 is 34.1 Å². The average Bonchev–Trinajstić information content (AvgIpc) is 3.03. The van der Waals surface area contributed by atoms with E-state index < -0.39 is 0 Å². The van der Waals surface area contributed by atoms with Gasteiger partial charge in [0.1, 0.15) is 11.5 Å². The Hall–Kier alpha value is -3.43. The van der Waals surface area contributed by atoms with Crippen molar-refractivity contribution in [3.63, 3.8) is 0 Å². The molecule has 4 aromatic carbocycles. The van der Waals surface area contributed by atoms with E-state index in [0.717, 1.165) is 33.4 Å². The highest BCUT2D eigenvalue weighted by Crippen LogP contribution is 2.20. The van der Waals surface area contributed by atoms with Crippen LogP contribution in [-0.2, 0) is 9.31 Å². The lowest BCUT2D eigenvalue weighted by atomic mass is 9.55. The lowest BCUT2D eigenvalue weighted by Gasteiger charge is -2.25. The Morgan fingerprint density at radius 3 is 1.14 bits per heavy atom. The molecule has 0 aromatic heterocycles. The fourth-order valence-corrected chi connectivity index (χ4v) is 4.73. The van der Waals surface area contributed by atoms with Crippen molar-refractivity contribution in [3.8, 4) is 11.5 Å². The van der Waals surface area contributed by atoms with E-state index >= 15 is 0 Å². The Bertz CT molecular complexity index is 1240. The van der Waals surface area contributed by atoms with E-state index in [2.05, 4.69) is 24.3 Å². The number of hydrogen-bond donors (Lipinski definition) is 2. The van der Waals surface area contributed by atoms with Crippen molar-refractivity contribution < 1.29 is 24.3 Å². The van der Waals surface area contributed by atoms with Crippen LogP contribution in [0.25, 0.3) is 0 Å². The summed E-state index contributed by atoms with van der Waals surface area (Å²) in [7, 11) is 7.75.